The van der Waals surface area contributed by atoms with Crippen molar-refractivity contribution in [1.82, 2.24) is 0 Å². The maximum absolute atomic E-state index is 8.77. The van der Waals surface area contributed by atoms with E-state index in [0.717, 1.165) is 5.34 Å². The third kappa shape index (κ3) is 17200. The summed E-state index contributed by atoms with van der Waals surface area (Å²) in [6, 6.07) is 0. The average Bonchev–Trinajstić information content (AvgIpc) is 1.27. The molecule has 0 aromatic heterocycles. The van der Waals surface area contributed by atoms with E-state index in [1.807, 2.05) is 0 Å². The Morgan fingerprint density at radius 2 is 1.44 bits per heavy atom. The van der Waals surface area contributed by atoms with Crippen LogP contribution in [0.15, 0.2) is 5.34 Å². The van der Waals surface area contributed by atoms with Crippen LogP contribution in [0.4, 0.5) is 0 Å². The first-order valence-electron chi connectivity index (χ1n) is 1.13. The van der Waals surface area contributed by atoms with Crippen molar-refractivity contribution in [2.45, 2.75) is 0 Å². The summed E-state index contributed by atoms with van der Waals surface area (Å²) in [5.41, 5.74) is 0. The van der Waals surface area contributed by atoms with Crippen molar-refractivity contribution in [3.63, 3.8) is 0 Å². The van der Waals surface area contributed by atoms with E-state index in [2.05, 4.69) is 0 Å². The molecular formula is H2NO6PZn. The molecule has 0 rings (SSSR count). The molecule has 0 saturated carbocycles. The number of phosphoric acid groups is 1. The van der Waals surface area contributed by atoms with Gasteiger partial charge in [-0.3, -0.25) is 4.57 Å². The fourth-order valence-corrected chi connectivity index (χ4v) is 0. The van der Waals surface area contributed by atoms with Crippen LogP contribution in [0, 0.1) is 10.1 Å². The molecule has 0 heterocycles. The monoisotopic (exact) mass is 207 g/mol. The molecule has 9 heteroatoms. The molecule has 0 saturated heterocycles. The van der Waals surface area contributed by atoms with Crippen LogP contribution >= 0.6 is 7.82 Å². The number of hydrogen-bond acceptors (Lipinski definition) is 5. The van der Waals surface area contributed by atoms with Gasteiger partial charge in [-0.1, -0.05) is 0 Å². The maximum atomic E-state index is 8.77. The third-order valence-electron chi connectivity index (χ3n) is 0. The van der Waals surface area contributed by atoms with E-state index in [1.165, 1.54) is 0 Å². The fraction of sp³-hybridized carbons (Fsp3) is 0. The topological polar surface area (TPSA) is 133 Å². The van der Waals surface area contributed by atoms with E-state index in [4.69, 9.17) is 29.4 Å². The van der Waals surface area contributed by atoms with Crippen molar-refractivity contribution in [2.24, 2.45) is 5.34 Å². The molecule has 0 spiro atoms. The first-order valence-corrected chi connectivity index (χ1v) is 2.66. The van der Waals surface area contributed by atoms with Crippen molar-refractivity contribution in [3.05, 3.63) is 10.1 Å². The first-order chi connectivity index (χ1) is 3.41. The van der Waals surface area contributed by atoms with Gasteiger partial charge in [0.2, 0.25) is 0 Å². The molecule has 0 atom stereocenters. The predicted molar refractivity (Wildman–Crippen MR) is 21.2 cm³/mol. The van der Waals surface area contributed by atoms with E-state index >= 15 is 0 Å². The van der Waals surface area contributed by atoms with Gasteiger partial charge in [0, 0.05) is 0 Å². The molecule has 0 unspecified atom stereocenters. The molecule has 2 N–H and O–H groups in total. The second kappa shape index (κ2) is 8.13. The minimum absolute atomic E-state index is 0. The Hall–Kier alpha value is 0.133. The molecule has 7 nitrogen and oxygen atoms in total. The van der Waals surface area contributed by atoms with Gasteiger partial charge in [-0.15, -0.1) is 5.34 Å². The smallest absolute Gasteiger partial charge is 0.756 e. The standard InChI is InChI=1S/HNO2.H3O4P.Zn/c2-1-3;1-5(2,3)4;/h(H,2,3);(H3,1,2,3,4);/q;;+2/p-2. The molecule has 9 heavy (non-hydrogen) atoms. The van der Waals surface area contributed by atoms with Crippen molar-refractivity contribution in [1.29, 1.82) is 0 Å². The van der Waals surface area contributed by atoms with Gasteiger partial charge < -0.3 is 24.8 Å². The molecule has 0 aliphatic rings. The van der Waals surface area contributed by atoms with Crippen molar-refractivity contribution >= 4 is 7.82 Å². The molecule has 0 aliphatic carbocycles. The maximum Gasteiger partial charge on any atom is 2.00 e. The van der Waals surface area contributed by atoms with Crippen LogP contribution in [-0.2, 0) is 24.0 Å². The average molecular weight is 208 g/mol. The Morgan fingerprint density at radius 3 is 1.44 bits per heavy atom. The summed E-state index contributed by atoms with van der Waals surface area (Å²) in [6.45, 7) is 0. The van der Waals surface area contributed by atoms with Gasteiger partial charge >= 0.3 is 19.5 Å². The predicted octanol–water partition coefficient (Wildman–Crippen LogP) is -1.31. The van der Waals surface area contributed by atoms with Crippen molar-refractivity contribution in [2.75, 3.05) is 0 Å². The van der Waals surface area contributed by atoms with E-state index in [9.17, 15) is 0 Å². The Labute approximate surface area is 62.6 Å². The normalized spacial score (nSPS) is 7.89. The molecular weight excluding hydrogens is 206 g/mol. The zero-order chi connectivity index (χ0) is 7.21. The van der Waals surface area contributed by atoms with Gasteiger partial charge in [-0.2, -0.15) is 0 Å². The second-order valence-electron chi connectivity index (χ2n) is 0.565. The largest absolute Gasteiger partial charge is 2.00 e. The van der Waals surface area contributed by atoms with Gasteiger partial charge in [0.25, 0.3) is 7.82 Å². The van der Waals surface area contributed by atoms with Gasteiger partial charge in [0.15, 0.2) is 0 Å². The Balaban J connectivity index is -0.0000000800. The first kappa shape index (κ1) is 16.1. The molecule has 50 valence electrons. The fourth-order valence-electron chi connectivity index (χ4n) is 0. The summed E-state index contributed by atoms with van der Waals surface area (Å²) in [5, 5.41) is 9.00. The second-order valence-corrected chi connectivity index (χ2v) is 1.55. The van der Waals surface area contributed by atoms with Crippen LogP contribution in [0.3, 0.4) is 0 Å². The third-order valence-corrected chi connectivity index (χ3v) is 0. The Morgan fingerprint density at radius 1 is 1.44 bits per heavy atom. The van der Waals surface area contributed by atoms with E-state index in [1.54, 1.807) is 0 Å². The number of rotatable bonds is 0. The summed E-state index contributed by atoms with van der Waals surface area (Å²) in [6.07, 6.45) is 0. The van der Waals surface area contributed by atoms with Crippen molar-refractivity contribution in [3.8, 4) is 0 Å². The zero-order valence-electron chi connectivity index (χ0n) is 4.13. The number of hydrogen-bond donors (Lipinski definition) is 2. The molecule has 0 aliphatic heterocycles. The van der Waals surface area contributed by atoms with Crippen LogP contribution in [0.25, 0.3) is 0 Å². The van der Waals surface area contributed by atoms with Crippen LogP contribution < -0.4 is 4.89 Å². The molecule has 0 fully saturated rings. The molecule has 0 aromatic rings. The number of nitrogens with zero attached hydrogens (tertiary/aromatic N) is 1. The van der Waals surface area contributed by atoms with Gasteiger partial charge in [-0.25, -0.2) is 0 Å². The molecule has 0 radical (unpaired) electrons. The summed E-state index contributed by atoms with van der Waals surface area (Å²) >= 11 is 0. The molecule has 0 bridgehead atoms. The van der Waals surface area contributed by atoms with Crippen LogP contribution in [0.1, 0.15) is 0 Å². The van der Waals surface area contributed by atoms with E-state index < -0.39 is 7.82 Å². The summed E-state index contributed by atoms with van der Waals surface area (Å²) in [7, 11) is -4.89. The van der Waals surface area contributed by atoms with Gasteiger partial charge in [-0.05, 0) is 0 Å². The van der Waals surface area contributed by atoms with Gasteiger partial charge in [0.05, 0.1) is 0 Å². The molecule has 0 amide bonds. The minimum atomic E-state index is -4.89. The Bertz CT molecular complexity index is 87.0. The van der Waals surface area contributed by atoms with Crippen molar-refractivity contribution < 1.29 is 38.7 Å². The SMILES string of the molecule is O=N[O-].O=P([O-])(O)O.[Zn+2]. The molecule has 0 aromatic carbocycles. The summed E-state index contributed by atoms with van der Waals surface area (Å²) in [4.78, 5) is 30.9. The summed E-state index contributed by atoms with van der Waals surface area (Å²) < 4.78 is 8.77. The van der Waals surface area contributed by atoms with Gasteiger partial charge in [0.1, 0.15) is 0 Å². The van der Waals surface area contributed by atoms with E-state index in [-0.39, 0.29) is 19.5 Å². The summed E-state index contributed by atoms with van der Waals surface area (Å²) in [5.74, 6) is 0. The Kier molecular flexibility index (Phi) is 14.5. The quantitative estimate of drug-likeness (QED) is 0.220. The van der Waals surface area contributed by atoms with E-state index in [0.29, 0.717) is 0 Å². The minimum Gasteiger partial charge on any atom is -0.756 e. The van der Waals surface area contributed by atoms with Crippen LogP contribution in [-0.4, -0.2) is 9.79 Å². The van der Waals surface area contributed by atoms with Crippen LogP contribution in [0.5, 0.6) is 0 Å². The zero-order valence-corrected chi connectivity index (χ0v) is 7.99. The van der Waals surface area contributed by atoms with Crippen LogP contribution in [0.2, 0.25) is 0 Å².